The van der Waals surface area contributed by atoms with E-state index in [0.717, 1.165) is 18.9 Å². The van der Waals surface area contributed by atoms with Gasteiger partial charge in [-0.15, -0.1) is 0 Å². The van der Waals surface area contributed by atoms with Crippen molar-refractivity contribution in [1.29, 1.82) is 0 Å². The maximum Gasteiger partial charge on any atom is 0.214 e. The second-order valence-electron chi connectivity index (χ2n) is 6.28. The molecule has 0 aromatic heterocycles. The zero-order chi connectivity index (χ0) is 18.1. The number of aliphatic hydroxyl groups is 1. The fourth-order valence-electron chi connectivity index (χ4n) is 2.43. The van der Waals surface area contributed by atoms with Crippen LogP contribution in [0.4, 0.5) is 0 Å². The Bertz CT molecular complexity index is 732. The van der Waals surface area contributed by atoms with Gasteiger partial charge in [-0.25, -0.2) is 0 Å². The Hall–Kier alpha value is -1.91. The van der Waals surface area contributed by atoms with Crippen LogP contribution in [0.3, 0.4) is 0 Å². The predicted molar refractivity (Wildman–Crippen MR) is 93.1 cm³/mol. The summed E-state index contributed by atoms with van der Waals surface area (Å²) in [5, 5.41) is 9.85. The van der Waals surface area contributed by atoms with Crippen LogP contribution in [-0.4, -0.2) is 22.3 Å². The standard InChI is InChI=1S/C19H21ClO4/c1-5-11(2)8-12(3)6-7-13-9-14-15(10-24-13)17(21)19(4,23)18(22)16(14)20/h6-11,23H,5H2,1-4H3/b7-6+,12-8+/t11-,19?/m0/s1. The summed E-state index contributed by atoms with van der Waals surface area (Å²) >= 11 is 6.05. The normalized spacial score (nSPS) is 26.2. The summed E-state index contributed by atoms with van der Waals surface area (Å²) < 4.78 is 5.43. The summed E-state index contributed by atoms with van der Waals surface area (Å²) in [6.45, 7) is 7.39. The third-order valence-corrected chi connectivity index (χ3v) is 4.53. The summed E-state index contributed by atoms with van der Waals surface area (Å²) in [4.78, 5) is 24.3. The lowest BCUT2D eigenvalue weighted by molar-refractivity contribution is -0.144. The first kappa shape index (κ1) is 18.4. The second kappa shape index (κ2) is 6.91. The molecule has 4 nitrogen and oxygen atoms in total. The number of halogens is 1. The van der Waals surface area contributed by atoms with Crippen molar-refractivity contribution in [3.63, 3.8) is 0 Å². The molecule has 1 unspecified atom stereocenters. The highest BCUT2D eigenvalue weighted by Gasteiger charge is 2.48. The highest BCUT2D eigenvalue weighted by molar-refractivity contribution is 6.49. The Labute approximate surface area is 146 Å². The van der Waals surface area contributed by atoms with Crippen LogP contribution in [0.2, 0.25) is 0 Å². The fourth-order valence-corrected chi connectivity index (χ4v) is 2.77. The topological polar surface area (TPSA) is 63.6 Å². The third-order valence-electron chi connectivity index (χ3n) is 4.16. The summed E-state index contributed by atoms with van der Waals surface area (Å²) in [5.74, 6) is -0.559. The lowest BCUT2D eigenvalue weighted by Crippen LogP contribution is -2.48. The largest absolute Gasteiger partial charge is 0.464 e. The molecular weight excluding hydrogens is 328 g/mol. The number of hydrogen-bond donors (Lipinski definition) is 1. The van der Waals surface area contributed by atoms with E-state index in [1.165, 1.54) is 12.3 Å². The summed E-state index contributed by atoms with van der Waals surface area (Å²) in [7, 11) is 0. The molecule has 2 atom stereocenters. The number of ketones is 2. The number of Topliss-reactive ketones (excluding diaryl/α,β-unsaturated/α-hetero) is 2. The number of allylic oxidation sites excluding steroid dienone is 6. The average molecular weight is 349 g/mol. The van der Waals surface area contributed by atoms with Crippen LogP contribution >= 0.6 is 11.6 Å². The van der Waals surface area contributed by atoms with E-state index in [4.69, 9.17) is 16.3 Å². The Morgan fingerprint density at radius 1 is 1.42 bits per heavy atom. The number of rotatable bonds is 4. The van der Waals surface area contributed by atoms with Crippen molar-refractivity contribution in [3.8, 4) is 0 Å². The van der Waals surface area contributed by atoms with E-state index in [1.54, 1.807) is 6.08 Å². The van der Waals surface area contributed by atoms with Crippen LogP contribution < -0.4 is 0 Å². The van der Waals surface area contributed by atoms with Gasteiger partial charge in [-0.2, -0.15) is 0 Å². The smallest absolute Gasteiger partial charge is 0.214 e. The molecule has 0 aromatic rings. The SMILES string of the molecule is CC[C@H](C)/C=C(C)/C=C/C1=CC2=C(Cl)C(=O)C(C)(O)C(=O)C2=CO1. The lowest BCUT2D eigenvalue weighted by Gasteiger charge is -2.29. The summed E-state index contributed by atoms with van der Waals surface area (Å²) in [6, 6.07) is 0. The molecule has 24 heavy (non-hydrogen) atoms. The summed E-state index contributed by atoms with van der Waals surface area (Å²) in [6.07, 6.45) is 9.62. The van der Waals surface area contributed by atoms with Crippen molar-refractivity contribution in [2.24, 2.45) is 5.92 Å². The van der Waals surface area contributed by atoms with Gasteiger partial charge in [0, 0.05) is 5.57 Å². The first-order valence-corrected chi connectivity index (χ1v) is 8.23. The molecule has 1 heterocycles. The van der Waals surface area contributed by atoms with Crippen LogP contribution in [0.5, 0.6) is 0 Å². The average Bonchev–Trinajstić information content (AvgIpc) is 2.56. The van der Waals surface area contributed by atoms with Gasteiger partial charge in [0.05, 0.1) is 10.6 Å². The van der Waals surface area contributed by atoms with Gasteiger partial charge in [0.1, 0.15) is 12.0 Å². The van der Waals surface area contributed by atoms with Crippen LogP contribution in [0, 0.1) is 5.92 Å². The highest BCUT2D eigenvalue weighted by atomic mass is 35.5. The summed E-state index contributed by atoms with van der Waals surface area (Å²) in [5.41, 5.74) is -0.671. The van der Waals surface area contributed by atoms with Crippen molar-refractivity contribution >= 4 is 23.2 Å². The third kappa shape index (κ3) is 3.45. The second-order valence-corrected chi connectivity index (χ2v) is 6.66. The van der Waals surface area contributed by atoms with Gasteiger partial charge < -0.3 is 9.84 Å². The molecule has 0 radical (unpaired) electrons. The van der Waals surface area contributed by atoms with Gasteiger partial charge in [-0.1, -0.05) is 49.6 Å². The molecule has 128 valence electrons. The van der Waals surface area contributed by atoms with Crippen LogP contribution in [0.15, 0.2) is 58.1 Å². The van der Waals surface area contributed by atoms with Gasteiger partial charge in [0.25, 0.3) is 0 Å². The molecule has 2 aliphatic rings. The minimum absolute atomic E-state index is 0.105. The fraction of sp³-hybridized carbons (Fsp3) is 0.368. The first-order chi connectivity index (χ1) is 11.2. The maximum atomic E-state index is 12.2. The van der Waals surface area contributed by atoms with E-state index in [1.807, 2.05) is 13.0 Å². The molecule has 2 rings (SSSR count). The molecule has 5 heteroatoms. The van der Waals surface area contributed by atoms with E-state index in [-0.39, 0.29) is 16.2 Å². The lowest BCUT2D eigenvalue weighted by atomic mass is 9.80. The molecule has 0 fully saturated rings. The first-order valence-electron chi connectivity index (χ1n) is 7.85. The van der Waals surface area contributed by atoms with E-state index >= 15 is 0 Å². The van der Waals surface area contributed by atoms with Crippen LogP contribution in [0.1, 0.15) is 34.1 Å². The van der Waals surface area contributed by atoms with Gasteiger partial charge in [0.2, 0.25) is 11.6 Å². The van der Waals surface area contributed by atoms with Gasteiger partial charge in [-0.05, 0) is 31.9 Å². The van der Waals surface area contributed by atoms with E-state index < -0.39 is 17.2 Å². The Morgan fingerprint density at radius 3 is 2.71 bits per heavy atom. The molecule has 0 bridgehead atoms. The molecular formula is C19H21ClO4. The van der Waals surface area contributed by atoms with Crippen molar-refractivity contribution in [2.75, 3.05) is 0 Å². The minimum Gasteiger partial charge on any atom is -0.464 e. The minimum atomic E-state index is -2.15. The molecule has 0 saturated heterocycles. The number of hydrogen-bond acceptors (Lipinski definition) is 4. The molecule has 1 aliphatic carbocycles. The number of ether oxygens (including phenoxy) is 1. The van der Waals surface area contributed by atoms with E-state index in [2.05, 4.69) is 19.9 Å². The molecule has 1 N–H and O–H groups in total. The Morgan fingerprint density at radius 2 is 2.08 bits per heavy atom. The molecule has 0 saturated carbocycles. The van der Waals surface area contributed by atoms with Crippen molar-refractivity contribution in [2.45, 2.75) is 39.7 Å². The molecule has 0 spiro atoms. The molecule has 0 amide bonds. The van der Waals surface area contributed by atoms with Crippen LogP contribution in [-0.2, 0) is 14.3 Å². The number of carbonyl (C=O) groups is 2. The Kier molecular flexibility index (Phi) is 5.31. The van der Waals surface area contributed by atoms with Crippen molar-refractivity contribution in [1.82, 2.24) is 0 Å². The van der Waals surface area contributed by atoms with Gasteiger partial charge in [0.15, 0.2) is 5.60 Å². The highest BCUT2D eigenvalue weighted by Crippen LogP contribution is 2.36. The molecule has 1 aliphatic heterocycles. The van der Waals surface area contributed by atoms with Crippen molar-refractivity contribution in [3.05, 3.63) is 58.1 Å². The molecule has 0 aromatic carbocycles. The predicted octanol–water partition coefficient (Wildman–Crippen LogP) is 3.73. The maximum absolute atomic E-state index is 12.2. The monoisotopic (exact) mass is 348 g/mol. The van der Waals surface area contributed by atoms with Gasteiger partial charge in [-0.3, -0.25) is 9.59 Å². The van der Waals surface area contributed by atoms with Crippen molar-refractivity contribution < 1.29 is 19.4 Å². The Balaban J connectivity index is 2.31. The van der Waals surface area contributed by atoms with Gasteiger partial charge >= 0.3 is 0 Å². The zero-order valence-corrected chi connectivity index (χ0v) is 15.0. The van der Waals surface area contributed by atoms with E-state index in [9.17, 15) is 14.7 Å². The van der Waals surface area contributed by atoms with E-state index in [0.29, 0.717) is 11.7 Å². The number of carbonyl (C=O) groups excluding carboxylic acids is 2. The quantitative estimate of drug-likeness (QED) is 0.621. The van der Waals surface area contributed by atoms with Crippen LogP contribution in [0.25, 0.3) is 0 Å². The zero-order valence-electron chi connectivity index (χ0n) is 14.2. The number of fused-ring (bicyclic) bond motifs is 1.